The molecule has 0 aliphatic carbocycles. The summed E-state index contributed by atoms with van der Waals surface area (Å²) < 4.78 is 24.7. The minimum Gasteiger partial charge on any atom is -0.352 e. The first-order valence-electron chi connectivity index (χ1n) is 6.93. The van der Waals surface area contributed by atoms with E-state index in [2.05, 4.69) is 5.32 Å². The second-order valence-electron chi connectivity index (χ2n) is 5.63. The Bertz CT molecular complexity index is 570. The third-order valence-electron chi connectivity index (χ3n) is 3.62. The number of likely N-dealkylation sites (N-methyl/N-ethyl adjacent to an activating group) is 1. The van der Waals surface area contributed by atoms with Crippen molar-refractivity contribution < 1.29 is 13.2 Å². The summed E-state index contributed by atoms with van der Waals surface area (Å²) in [6.07, 6.45) is 1.10. The standard InChI is InChI=1S/C15H24N2O3S/c1-11(2)12(3)16-15(18)14(17(4)21(5,19)20)13-9-7-6-8-10-13/h6-12,14H,1-5H3,(H,16,18)/t12-,14+/m0/s1. The number of nitrogens with zero attached hydrogens (tertiary/aromatic N) is 1. The van der Waals surface area contributed by atoms with Crippen molar-refractivity contribution in [2.75, 3.05) is 13.3 Å². The molecular weight excluding hydrogens is 288 g/mol. The summed E-state index contributed by atoms with van der Waals surface area (Å²) in [6.45, 7) is 5.91. The molecule has 1 amide bonds. The Balaban J connectivity index is 3.12. The van der Waals surface area contributed by atoms with Crippen LogP contribution in [0.4, 0.5) is 0 Å². The first-order chi connectivity index (χ1) is 9.64. The zero-order valence-corrected chi connectivity index (χ0v) is 14.0. The van der Waals surface area contributed by atoms with Gasteiger partial charge in [-0.1, -0.05) is 44.2 Å². The molecule has 1 aromatic rings. The fourth-order valence-electron chi connectivity index (χ4n) is 1.82. The number of hydrogen-bond donors (Lipinski definition) is 1. The summed E-state index contributed by atoms with van der Waals surface area (Å²) in [5.74, 6) is -0.0377. The van der Waals surface area contributed by atoms with Gasteiger partial charge in [-0.05, 0) is 18.4 Å². The van der Waals surface area contributed by atoms with Crippen LogP contribution in [-0.4, -0.2) is 38.0 Å². The largest absolute Gasteiger partial charge is 0.352 e. The van der Waals surface area contributed by atoms with Crippen molar-refractivity contribution in [2.24, 2.45) is 5.92 Å². The van der Waals surface area contributed by atoms with Gasteiger partial charge in [0.1, 0.15) is 6.04 Å². The number of benzene rings is 1. The molecule has 0 saturated carbocycles. The molecule has 2 atom stereocenters. The fourth-order valence-corrected chi connectivity index (χ4v) is 2.42. The molecule has 0 spiro atoms. The number of amides is 1. The molecule has 0 radical (unpaired) electrons. The molecule has 0 aliphatic rings. The van der Waals surface area contributed by atoms with Crippen LogP contribution >= 0.6 is 0 Å². The van der Waals surface area contributed by atoms with E-state index >= 15 is 0 Å². The summed E-state index contributed by atoms with van der Waals surface area (Å²) >= 11 is 0. The van der Waals surface area contributed by atoms with E-state index in [9.17, 15) is 13.2 Å². The molecule has 6 heteroatoms. The van der Waals surface area contributed by atoms with Crippen LogP contribution in [0.5, 0.6) is 0 Å². The van der Waals surface area contributed by atoms with Gasteiger partial charge >= 0.3 is 0 Å². The lowest BCUT2D eigenvalue weighted by Gasteiger charge is -2.28. The summed E-state index contributed by atoms with van der Waals surface area (Å²) in [6, 6.07) is 8.03. The van der Waals surface area contributed by atoms with Gasteiger partial charge in [0.05, 0.1) is 6.26 Å². The Kier molecular flexibility index (Phi) is 5.92. The fraction of sp³-hybridized carbons (Fsp3) is 0.533. The first kappa shape index (κ1) is 17.7. The lowest BCUT2D eigenvalue weighted by Crippen LogP contribution is -2.45. The number of carbonyl (C=O) groups is 1. The van der Waals surface area contributed by atoms with E-state index in [0.717, 1.165) is 10.6 Å². The summed E-state index contributed by atoms with van der Waals surface area (Å²) in [4.78, 5) is 12.5. The molecule has 1 rings (SSSR count). The second-order valence-corrected chi connectivity index (χ2v) is 7.68. The van der Waals surface area contributed by atoms with Crippen LogP contribution in [0, 0.1) is 5.92 Å². The SMILES string of the molecule is CC(C)[C@H](C)NC(=O)[C@@H](c1ccccc1)N(C)S(C)(=O)=O. The molecule has 0 aliphatic heterocycles. The van der Waals surface area contributed by atoms with Crippen molar-refractivity contribution in [3.63, 3.8) is 0 Å². The lowest BCUT2D eigenvalue weighted by molar-refractivity contribution is -0.125. The summed E-state index contributed by atoms with van der Waals surface area (Å²) in [5, 5.41) is 2.89. The zero-order chi connectivity index (χ0) is 16.2. The Morgan fingerprint density at radius 2 is 1.67 bits per heavy atom. The molecule has 0 heterocycles. The normalized spacial score (nSPS) is 15.0. The van der Waals surface area contributed by atoms with Crippen LogP contribution in [0.3, 0.4) is 0 Å². The smallest absolute Gasteiger partial charge is 0.243 e. The van der Waals surface area contributed by atoms with Crippen molar-refractivity contribution in [3.05, 3.63) is 35.9 Å². The van der Waals surface area contributed by atoms with Crippen molar-refractivity contribution in [1.82, 2.24) is 9.62 Å². The van der Waals surface area contributed by atoms with Crippen LogP contribution in [-0.2, 0) is 14.8 Å². The molecule has 0 fully saturated rings. The Morgan fingerprint density at radius 3 is 2.10 bits per heavy atom. The third kappa shape index (κ3) is 4.82. The predicted molar refractivity (Wildman–Crippen MR) is 84.2 cm³/mol. The molecule has 0 aromatic heterocycles. The minimum atomic E-state index is -3.48. The first-order valence-corrected chi connectivity index (χ1v) is 8.77. The maximum Gasteiger partial charge on any atom is 0.243 e. The van der Waals surface area contributed by atoms with Crippen LogP contribution in [0.15, 0.2) is 30.3 Å². The minimum absolute atomic E-state index is 0.0309. The van der Waals surface area contributed by atoms with E-state index in [1.165, 1.54) is 7.05 Å². The van der Waals surface area contributed by atoms with Crippen LogP contribution in [0.2, 0.25) is 0 Å². The van der Waals surface area contributed by atoms with Gasteiger partial charge in [0.15, 0.2) is 0 Å². The van der Waals surface area contributed by atoms with Gasteiger partial charge in [0.25, 0.3) is 0 Å². The Morgan fingerprint density at radius 1 is 1.14 bits per heavy atom. The zero-order valence-electron chi connectivity index (χ0n) is 13.2. The van der Waals surface area contributed by atoms with Gasteiger partial charge < -0.3 is 5.32 Å². The molecule has 118 valence electrons. The molecule has 1 N–H and O–H groups in total. The van der Waals surface area contributed by atoms with Crippen molar-refractivity contribution in [1.29, 1.82) is 0 Å². The average molecular weight is 312 g/mol. The highest BCUT2D eigenvalue weighted by atomic mass is 32.2. The number of nitrogens with one attached hydrogen (secondary N) is 1. The van der Waals surface area contributed by atoms with Crippen molar-refractivity contribution >= 4 is 15.9 Å². The second kappa shape index (κ2) is 7.04. The Labute approximate surface area is 127 Å². The number of hydrogen-bond acceptors (Lipinski definition) is 3. The third-order valence-corrected chi connectivity index (χ3v) is 4.88. The van der Waals surface area contributed by atoms with Crippen LogP contribution in [0.1, 0.15) is 32.4 Å². The van der Waals surface area contributed by atoms with E-state index in [4.69, 9.17) is 0 Å². The average Bonchev–Trinajstić information content (AvgIpc) is 2.38. The molecular formula is C15H24N2O3S. The highest BCUT2D eigenvalue weighted by Crippen LogP contribution is 2.22. The van der Waals surface area contributed by atoms with E-state index in [1.807, 2.05) is 26.8 Å². The predicted octanol–water partition coefficient (Wildman–Crippen LogP) is 1.78. The monoisotopic (exact) mass is 312 g/mol. The highest BCUT2D eigenvalue weighted by Gasteiger charge is 2.31. The number of carbonyl (C=O) groups excluding carboxylic acids is 1. The Hall–Kier alpha value is -1.40. The van der Waals surface area contributed by atoms with Gasteiger partial charge in [-0.2, -0.15) is 4.31 Å². The van der Waals surface area contributed by atoms with Crippen LogP contribution < -0.4 is 5.32 Å². The van der Waals surface area contributed by atoms with Gasteiger partial charge in [0, 0.05) is 13.1 Å². The molecule has 21 heavy (non-hydrogen) atoms. The van der Waals surface area contributed by atoms with Crippen molar-refractivity contribution in [3.8, 4) is 0 Å². The number of rotatable bonds is 6. The quantitative estimate of drug-likeness (QED) is 0.870. The lowest BCUT2D eigenvalue weighted by atomic mass is 10.0. The molecule has 5 nitrogen and oxygen atoms in total. The molecule has 1 aromatic carbocycles. The molecule has 0 saturated heterocycles. The van der Waals surface area contributed by atoms with Crippen molar-refractivity contribution in [2.45, 2.75) is 32.9 Å². The molecule has 0 unspecified atom stereocenters. The van der Waals surface area contributed by atoms with Crippen LogP contribution in [0.25, 0.3) is 0 Å². The maximum absolute atomic E-state index is 12.5. The van der Waals surface area contributed by atoms with Gasteiger partial charge in [-0.25, -0.2) is 8.42 Å². The maximum atomic E-state index is 12.5. The van der Waals surface area contributed by atoms with E-state index in [-0.39, 0.29) is 17.9 Å². The van der Waals surface area contributed by atoms with E-state index in [0.29, 0.717) is 5.56 Å². The summed E-state index contributed by atoms with van der Waals surface area (Å²) in [7, 11) is -2.06. The highest BCUT2D eigenvalue weighted by molar-refractivity contribution is 7.88. The van der Waals surface area contributed by atoms with E-state index in [1.54, 1.807) is 24.3 Å². The van der Waals surface area contributed by atoms with Gasteiger partial charge in [0.2, 0.25) is 15.9 Å². The number of sulfonamides is 1. The van der Waals surface area contributed by atoms with E-state index < -0.39 is 16.1 Å². The van der Waals surface area contributed by atoms with Gasteiger partial charge in [-0.3, -0.25) is 4.79 Å². The molecule has 0 bridgehead atoms. The summed E-state index contributed by atoms with van der Waals surface area (Å²) in [5.41, 5.74) is 0.652. The topological polar surface area (TPSA) is 66.5 Å². The van der Waals surface area contributed by atoms with Gasteiger partial charge in [-0.15, -0.1) is 0 Å².